The number of rotatable bonds is 4. The number of hydrogen-bond donors (Lipinski definition) is 1. The van der Waals surface area contributed by atoms with Crippen LogP contribution in [-0.4, -0.2) is 5.91 Å². The number of alkyl halides is 1. The predicted molar refractivity (Wildman–Crippen MR) is 83.3 cm³/mol. The lowest BCUT2D eigenvalue weighted by Crippen LogP contribution is -2.26. The molecule has 0 bridgehead atoms. The molecule has 0 unspecified atom stereocenters. The largest absolute Gasteiger partial charge is 0.346 e. The minimum absolute atomic E-state index is 0.110. The first-order valence-electron chi connectivity index (χ1n) is 6.31. The van der Waals surface area contributed by atoms with Gasteiger partial charge in [-0.3, -0.25) is 4.79 Å². The normalized spacial score (nSPS) is 11.9. The highest BCUT2D eigenvalue weighted by molar-refractivity contribution is 6.30. The molecule has 2 aromatic carbocycles. The molecule has 0 radical (unpaired) electrons. The van der Waals surface area contributed by atoms with Crippen LogP contribution in [0.4, 0.5) is 0 Å². The van der Waals surface area contributed by atoms with E-state index in [-0.39, 0.29) is 11.9 Å². The highest BCUT2D eigenvalue weighted by Gasteiger charge is 2.11. The summed E-state index contributed by atoms with van der Waals surface area (Å²) in [7, 11) is 0. The van der Waals surface area contributed by atoms with Crippen LogP contribution in [-0.2, 0) is 5.88 Å². The maximum absolute atomic E-state index is 12.2. The van der Waals surface area contributed by atoms with Crippen molar-refractivity contribution >= 4 is 29.1 Å². The molecule has 2 nitrogen and oxygen atoms in total. The van der Waals surface area contributed by atoms with Gasteiger partial charge in [-0.15, -0.1) is 11.6 Å². The van der Waals surface area contributed by atoms with E-state index in [2.05, 4.69) is 5.32 Å². The molecular formula is C16H15Cl2NO. The highest BCUT2D eigenvalue weighted by atomic mass is 35.5. The van der Waals surface area contributed by atoms with E-state index >= 15 is 0 Å². The zero-order valence-electron chi connectivity index (χ0n) is 11.1. The molecule has 104 valence electrons. The zero-order valence-corrected chi connectivity index (χ0v) is 12.6. The molecule has 1 amide bonds. The first-order valence-corrected chi connectivity index (χ1v) is 7.22. The van der Waals surface area contributed by atoms with E-state index in [1.54, 1.807) is 12.1 Å². The molecule has 2 rings (SSSR count). The number of amides is 1. The summed E-state index contributed by atoms with van der Waals surface area (Å²) in [6.45, 7) is 1.93. The minimum atomic E-state index is -0.121. The Morgan fingerprint density at radius 1 is 1.20 bits per heavy atom. The second-order valence-electron chi connectivity index (χ2n) is 4.58. The van der Waals surface area contributed by atoms with Crippen LogP contribution in [0.2, 0.25) is 5.02 Å². The summed E-state index contributed by atoms with van der Waals surface area (Å²) < 4.78 is 0. The van der Waals surface area contributed by atoms with E-state index in [0.29, 0.717) is 16.5 Å². The Bertz CT molecular complexity index is 613. The van der Waals surface area contributed by atoms with Crippen LogP contribution in [0.1, 0.15) is 34.5 Å². The number of halogens is 2. The first-order chi connectivity index (χ1) is 9.60. The number of carbonyl (C=O) groups excluding carboxylic acids is 1. The van der Waals surface area contributed by atoms with Gasteiger partial charge in [0.15, 0.2) is 0 Å². The van der Waals surface area contributed by atoms with Gasteiger partial charge in [-0.05, 0) is 42.3 Å². The van der Waals surface area contributed by atoms with Crippen molar-refractivity contribution in [3.63, 3.8) is 0 Å². The lowest BCUT2D eigenvalue weighted by molar-refractivity contribution is 0.0940. The summed E-state index contributed by atoms with van der Waals surface area (Å²) in [5.74, 6) is 0.273. The Morgan fingerprint density at radius 2 is 1.95 bits per heavy atom. The third-order valence-corrected chi connectivity index (χ3v) is 3.58. The van der Waals surface area contributed by atoms with Crippen molar-refractivity contribution in [1.82, 2.24) is 5.32 Å². The van der Waals surface area contributed by atoms with Crippen LogP contribution >= 0.6 is 23.2 Å². The average Bonchev–Trinajstić information content (AvgIpc) is 2.47. The van der Waals surface area contributed by atoms with Gasteiger partial charge >= 0.3 is 0 Å². The predicted octanol–water partition coefficient (Wildman–Crippen LogP) is 4.57. The van der Waals surface area contributed by atoms with Crippen molar-refractivity contribution < 1.29 is 4.79 Å². The third kappa shape index (κ3) is 3.75. The van der Waals surface area contributed by atoms with Gasteiger partial charge in [-0.1, -0.05) is 35.9 Å². The summed E-state index contributed by atoms with van der Waals surface area (Å²) in [4.78, 5) is 12.2. The van der Waals surface area contributed by atoms with E-state index in [1.165, 1.54) is 0 Å². The fourth-order valence-corrected chi connectivity index (χ4v) is 2.30. The lowest BCUT2D eigenvalue weighted by Gasteiger charge is -2.15. The molecule has 1 atom stereocenters. The molecule has 0 aliphatic heterocycles. The lowest BCUT2D eigenvalue weighted by atomic mass is 10.1. The minimum Gasteiger partial charge on any atom is -0.346 e. The van der Waals surface area contributed by atoms with Gasteiger partial charge in [0.05, 0.1) is 6.04 Å². The standard InChI is InChI=1S/C16H15Cl2NO/c1-11(13-5-3-7-15(18)9-13)19-16(20)14-6-2-4-12(8-14)10-17/h2-9,11H,10H2,1H3,(H,19,20)/t11-/m1/s1. The van der Waals surface area contributed by atoms with Crippen LogP contribution in [0.3, 0.4) is 0 Å². The second-order valence-corrected chi connectivity index (χ2v) is 5.29. The molecule has 0 spiro atoms. The van der Waals surface area contributed by atoms with Crippen LogP contribution in [0.5, 0.6) is 0 Å². The molecule has 0 saturated heterocycles. The van der Waals surface area contributed by atoms with Gasteiger partial charge in [0.2, 0.25) is 0 Å². The summed E-state index contributed by atoms with van der Waals surface area (Å²) in [6, 6.07) is 14.6. The zero-order chi connectivity index (χ0) is 14.5. The van der Waals surface area contributed by atoms with E-state index < -0.39 is 0 Å². The van der Waals surface area contributed by atoms with Crippen molar-refractivity contribution in [2.45, 2.75) is 18.8 Å². The molecule has 0 aromatic heterocycles. The Kier molecular flexibility index (Phi) is 5.05. The number of carbonyl (C=O) groups is 1. The summed E-state index contributed by atoms with van der Waals surface area (Å²) in [5.41, 5.74) is 2.51. The number of benzene rings is 2. The van der Waals surface area contributed by atoms with Gasteiger partial charge in [-0.25, -0.2) is 0 Å². The maximum atomic E-state index is 12.2. The van der Waals surface area contributed by atoms with Crippen LogP contribution in [0.25, 0.3) is 0 Å². The van der Waals surface area contributed by atoms with E-state index in [0.717, 1.165) is 11.1 Å². The Morgan fingerprint density at radius 3 is 2.65 bits per heavy atom. The van der Waals surface area contributed by atoms with Crippen LogP contribution in [0, 0.1) is 0 Å². The first kappa shape index (κ1) is 14.9. The molecule has 0 aliphatic rings. The average molecular weight is 308 g/mol. The van der Waals surface area contributed by atoms with E-state index in [9.17, 15) is 4.79 Å². The summed E-state index contributed by atoms with van der Waals surface area (Å²) in [5, 5.41) is 3.61. The third-order valence-electron chi connectivity index (χ3n) is 3.04. The van der Waals surface area contributed by atoms with Crippen molar-refractivity contribution in [3.05, 3.63) is 70.2 Å². The number of hydrogen-bond acceptors (Lipinski definition) is 1. The Balaban J connectivity index is 2.10. The van der Waals surface area contributed by atoms with Crippen LogP contribution in [0.15, 0.2) is 48.5 Å². The number of nitrogens with one attached hydrogen (secondary N) is 1. The van der Waals surface area contributed by atoms with Gasteiger partial charge in [0.1, 0.15) is 0 Å². The molecular weight excluding hydrogens is 293 g/mol. The fourth-order valence-electron chi connectivity index (χ4n) is 1.93. The van der Waals surface area contributed by atoms with Crippen molar-refractivity contribution in [2.24, 2.45) is 0 Å². The van der Waals surface area contributed by atoms with E-state index in [1.807, 2.05) is 43.3 Å². The monoisotopic (exact) mass is 307 g/mol. The second kappa shape index (κ2) is 6.78. The molecule has 20 heavy (non-hydrogen) atoms. The highest BCUT2D eigenvalue weighted by Crippen LogP contribution is 2.18. The topological polar surface area (TPSA) is 29.1 Å². The van der Waals surface area contributed by atoms with E-state index in [4.69, 9.17) is 23.2 Å². The smallest absolute Gasteiger partial charge is 0.251 e. The van der Waals surface area contributed by atoms with Crippen LogP contribution < -0.4 is 5.32 Å². The molecule has 0 fully saturated rings. The van der Waals surface area contributed by atoms with Gasteiger partial charge < -0.3 is 5.32 Å². The van der Waals surface area contributed by atoms with Crippen molar-refractivity contribution in [3.8, 4) is 0 Å². The quantitative estimate of drug-likeness (QED) is 0.824. The molecule has 0 aliphatic carbocycles. The Hall–Kier alpha value is -1.51. The summed E-state index contributed by atoms with van der Waals surface area (Å²) >= 11 is 11.7. The van der Waals surface area contributed by atoms with Crippen molar-refractivity contribution in [2.75, 3.05) is 0 Å². The SMILES string of the molecule is C[C@@H](NC(=O)c1cccc(CCl)c1)c1cccc(Cl)c1. The van der Waals surface area contributed by atoms with Gasteiger partial charge in [0, 0.05) is 16.5 Å². The maximum Gasteiger partial charge on any atom is 0.251 e. The molecule has 0 heterocycles. The Labute approximate surface area is 128 Å². The molecule has 0 saturated carbocycles. The fraction of sp³-hybridized carbons (Fsp3) is 0.188. The van der Waals surface area contributed by atoms with Crippen molar-refractivity contribution in [1.29, 1.82) is 0 Å². The molecule has 1 N–H and O–H groups in total. The molecule has 2 aromatic rings. The molecule has 4 heteroatoms. The van der Waals surface area contributed by atoms with Gasteiger partial charge in [-0.2, -0.15) is 0 Å². The van der Waals surface area contributed by atoms with Gasteiger partial charge in [0.25, 0.3) is 5.91 Å². The summed E-state index contributed by atoms with van der Waals surface area (Å²) in [6.07, 6.45) is 0.